The molecule has 0 radical (unpaired) electrons. The van der Waals surface area contributed by atoms with Crippen molar-refractivity contribution in [2.24, 2.45) is 0 Å². The first kappa shape index (κ1) is 20.2. The molecule has 1 N–H and O–H groups in total. The molecule has 1 heterocycles. The molecule has 8 heteroatoms. The second kappa shape index (κ2) is 8.05. The molecule has 0 aromatic heterocycles. The van der Waals surface area contributed by atoms with Crippen molar-refractivity contribution in [3.63, 3.8) is 0 Å². The molecule has 0 saturated carbocycles. The van der Waals surface area contributed by atoms with Gasteiger partial charge in [-0.1, -0.05) is 19.8 Å². The van der Waals surface area contributed by atoms with Crippen molar-refractivity contribution in [3.05, 3.63) is 23.3 Å². The molecule has 1 fully saturated rings. The first-order chi connectivity index (χ1) is 11.7. The van der Waals surface area contributed by atoms with Crippen LogP contribution in [0.25, 0.3) is 0 Å². The molecule has 0 unspecified atom stereocenters. The molecule has 0 spiro atoms. The number of benzene rings is 1. The summed E-state index contributed by atoms with van der Waals surface area (Å²) in [6, 6.07) is 3.26. The van der Waals surface area contributed by atoms with E-state index < -0.39 is 20.0 Å². The molecule has 0 atom stereocenters. The quantitative estimate of drug-likeness (QED) is 0.728. The Hall–Kier alpha value is -1.12. The predicted octanol–water partition coefficient (Wildman–Crippen LogP) is 2.70. The molecule has 0 amide bonds. The van der Waals surface area contributed by atoms with Gasteiger partial charge in [0.25, 0.3) is 0 Å². The van der Waals surface area contributed by atoms with E-state index in [1.807, 2.05) is 0 Å². The van der Waals surface area contributed by atoms with Crippen molar-refractivity contribution < 1.29 is 16.8 Å². The zero-order valence-electron chi connectivity index (χ0n) is 15.2. The lowest BCUT2D eigenvalue weighted by Gasteiger charge is -2.30. The number of hydrogen-bond donors (Lipinski definition) is 1. The van der Waals surface area contributed by atoms with Crippen LogP contribution in [0.3, 0.4) is 0 Å². The van der Waals surface area contributed by atoms with Gasteiger partial charge in [-0.2, -0.15) is 0 Å². The van der Waals surface area contributed by atoms with E-state index in [0.29, 0.717) is 36.3 Å². The van der Waals surface area contributed by atoms with Gasteiger partial charge in [0.15, 0.2) is 0 Å². The van der Waals surface area contributed by atoms with Crippen molar-refractivity contribution in [2.75, 3.05) is 23.1 Å². The normalized spacial score (nSPS) is 17.6. The van der Waals surface area contributed by atoms with Gasteiger partial charge in [-0.05, 0) is 56.4 Å². The van der Waals surface area contributed by atoms with Crippen LogP contribution in [-0.2, 0) is 20.0 Å². The van der Waals surface area contributed by atoms with E-state index >= 15 is 0 Å². The van der Waals surface area contributed by atoms with Gasteiger partial charge in [0.2, 0.25) is 20.0 Å². The fraction of sp³-hybridized carbons (Fsp3) is 0.647. The number of unbranched alkanes of at least 4 members (excludes halogenated alkanes) is 2. The number of nitrogens with zero attached hydrogens (tertiary/aromatic N) is 1. The summed E-state index contributed by atoms with van der Waals surface area (Å²) in [7, 11) is -6.90. The molecule has 142 valence electrons. The van der Waals surface area contributed by atoms with Gasteiger partial charge >= 0.3 is 0 Å². The predicted molar refractivity (Wildman–Crippen MR) is 101 cm³/mol. The average molecular weight is 389 g/mol. The summed E-state index contributed by atoms with van der Waals surface area (Å²) >= 11 is 0. The molecule has 6 nitrogen and oxygen atoms in total. The van der Waals surface area contributed by atoms with Gasteiger partial charge in [-0.15, -0.1) is 0 Å². The number of hydrogen-bond acceptors (Lipinski definition) is 4. The first-order valence-electron chi connectivity index (χ1n) is 8.80. The Balaban J connectivity index is 2.31. The van der Waals surface area contributed by atoms with Crippen LogP contribution < -0.4 is 9.03 Å². The first-order valence-corrected chi connectivity index (χ1v) is 11.9. The van der Waals surface area contributed by atoms with Crippen molar-refractivity contribution in [2.45, 2.75) is 57.8 Å². The summed E-state index contributed by atoms with van der Waals surface area (Å²) in [5, 5.41) is 0. The summed E-state index contributed by atoms with van der Waals surface area (Å²) < 4.78 is 53.8. The van der Waals surface area contributed by atoms with Crippen LogP contribution in [0.1, 0.15) is 50.2 Å². The highest BCUT2D eigenvalue weighted by Crippen LogP contribution is 2.31. The second-order valence-electron chi connectivity index (χ2n) is 6.60. The maximum atomic E-state index is 12.5. The number of rotatable bonds is 7. The minimum Gasteiger partial charge on any atom is -0.270 e. The molecule has 1 aliphatic rings. The van der Waals surface area contributed by atoms with Gasteiger partial charge < -0.3 is 0 Å². The van der Waals surface area contributed by atoms with Crippen LogP contribution in [-0.4, -0.2) is 35.7 Å². The Labute approximate surface area is 151 Å². The number of nitrogens with one attached hydrogen (secondary N) is 1. The fourth-order valence-electron chi connectivity index (χ4n) is 3.05. The maximum absolute atomic E-state index is 12.5. The van der Waals surface area contributed by atoms with Gasteiger partial charge in [0, 0.05) is 13.1 Å². The number of sulfonamides is 2. The lowest BCUT2D eigenvalue weighted by Crippen LogP contribution is -2.38. The van der Waals surface area contributed by atoms with E-state index in [0.717, 1.165) is 25.7 Å². The minimum atomic E-state index is -3.59. The third kappa shape index (κ3) is 4.74. The van der Waals surface area contributed by atoms with Crippen molar-refractivity contribution in [3.8, 4) is 0 Å². The molecule has 1 aromatic rings. The Bertz CT molecular complexity index is 817. The van der Waals surface area contributed by atoms with Gasteiger partial charge in [0.1, 0.15) is 0 Å². The van der Waals surface area contributed by atoms with Crippen LogP contribution >= 0.6 is 0 Å². The largest absolute Gasteiger partial charge is 0.270 e. The zero-order valence-corrected chi connectivity index (χ0v) is 16.8. The van der Waals surface area contributed by atoms with E-state index in [1.165, 1.54) is 4.31 Å². The van der Waals surface area contributed by atoms with E-state index in [4.69, 9.17) is 0 Å². The third-order valence-electron chi connectivity index (χ3n) is 4.47. The highest BCUT2D eigenvalue weighted by atomic mass is 32.2. The van der Waals surface area contributed by atoms with E-state index in [9.17, 15) is 16.8 Å². The maximum Gasteiger partial charge on any atom is 0.240 e. The van der Waals surface area contributed by atoms with Gasteiger partial charge in [0.05, 0.1) is 16.3 Å². The summed E-state index contributed by atoms with van der Waals surface area (Å²) in [5.74, 6) is 0.143. The molecular weight excluding hydrogens is 360 g/mol. The lowest BCUT2D eigenvalue weighted by atomic mass is 10.1. The zero-order chi connectivity index (χ0) is 18.7. The van der Waals surface area contributed by atoms with Crippen LogP contribution in [0.2, 0.25) is 0 Å². The van der Waals surface area contributed by atoms with Crippen LogP contribution in [0.5, 0.6) is 0 Å². The Kier molecular flexibility index (Phi) is 6.51. The van der Waals surface area contributed by atoms with E-state index in [2.05, 4.69) is 11.6 Å². The molecular formula is C17H28N2O4S2. The van der Waals surface area contributed by atoms with Gasteiger partial charge in [-0.25, -0.2) is 21.6 Å². The number of aryl methyl sites for hydroxylation is 2. The van der Waals surface area contributed by atoms with Crippen LogP contribution in [0.15, 0.2) is 17.0 Å². The molecule has 1 aromatic carbocycles. The average Bonchev–Trinajstić information content (AvgIpc) is 2.53. The minimum absolute atomic E-state index is 0.143. The topological polar surface area (TPSA) is 83.6 Å². The number of anilines is 1. The molecule has 2 rings (SSSR count). The monoisotopic (exact) mass is 388 g/mol. The summed E-state index contributed by atoms with van der Waals surface area (Å²) in [4.78, 5) is 0.222. The Morgan fingerprint density at radius 2 is 1.84 bits per heavy atom. The van der Waals surface area contributed by atoms with Crippen molar-refractivity contribution in [1.29, 1.82) is 0 Å². The smallest absolute Gasteiger partial charge is 0.240 e. The van der Waals surface area contributed by atoms with E-state index in [1.54, 1.807) is 26.0 Å². The highest BCUT2D eigenvalue weighted by molar-refractivity contribution is 7.92. The molecule has 0 aliphatic carbocycles. The Morgan fingerprint density at radius 1 is 1.12 bits per heavy atom. The Morgan fingerprint density at radius 3 is 2.48 bits per heavy atom. The molecule has 1 aliphatic heterocycles. The van der Waals surface area contributed by atoms with E-state index in [-0.39, 0.29) is 10.6 Å². The SMILES string of the molecule is CCCCCNS(=O)(=O)c1cc(C)c(N2CCCCS2(=O)=O)cc1C. The fourth-order valence-corrected chi connectivity index (χ4v) is 6.13. The highest BCUT2D eigenvalue weighted by Gasteiger charge is 2.28. The van der Waals surface area contributed by atoms with Crippen LogP contribution in [0.4, 0.5) is 5.69 Å². The third-order valence-corrected chi connectivity index (χ3v) is 7.93. The standard InChI is InChI=1S/C17H28N2O4S2/c1-4-5-6-9-18-25(22,23)17-13-14(2)16(12-15(17)3)19-10-7-8-11-24(19,20)21/h12-13,18H,4-11H2,1-3H3. The van der Waals surface area contributed by atoms with Crippen LogP contribution in [0, 0.1) is 13.8 Å². The lowest BCUT2D eigenvalue weighted by molar-refractivity contribution is 0.574. The second-order valence-corrected chi connectivity index (χ2v) is 10.4. The molecule has 0 bridgehead atoms. The van der Waals surface area contributed by atoms with Gasteiger partial charge in [-0.3, -0.25) is 4.31 Å². The molecule has 25 heavy (non-hydrogen) atoms. The van der Waals surface area contributed by atoms with Crippen molar-refractivity contribution in [1.82, 2.24) is 4.72 Å². The summed E-state index contributed by atoms with van der Waals surface area (Å²) in [6.07, 6.45) is 4.30. The summed E-state index contributed by atoms with van der Waals surface area (Å²) in [5.41, 5.74) is 1.80. The van der Waals surface area contributed by atoms with Crippen molar-refractivity contribution >= 4 is 25.7 Å². The molecule has 1 saturated heterocycles. The summed E-state index contributed by atoms with van der Waals surface area (Å²) in [6.45, 7) is 6.39.